The average molecular weight is 231 g/mol. The highest BCUT2D eigenvalue weighted by atomic mass is 19.1. The van der Waals surface area contributed by atoms with E-state index in [1.54, 1.807) is 30.3 Å². The van der Waals surface area contributed by atoms with Crippen LogP contribution in [0.4, 0.5) is 10.1 Å². The first-order valence-electron chi connectivity index (χ1n) is 4.97. The van der Waals surface area contributed by atoms with Crippen LogP contribution in [0.15, 0.2) is 42.5 Å². The van der Waals surface area contributed by atoms with Crippen molar-refractivity contribution in [1.29, 1.82) is 0 Å². The van der Waals surface area contributed by atoms with Crippen LogP contribution in [-0.2, 0) is 0 Å². The van der Waals surface area contributed by atoms with Crippen LogP contribution in [0.3, 0.4) is 0 Å². The normalized spacial score (nSPS) is 10.2. The topological polar surface area (TPSA) is 63.3 Å². The SMILES string of the molecule is Nc1cccc(-c2cccc(F)c2C(=O)O)c1. The molecular weight excluding hydrogens is 221 g/mol. The number of carboxylic acid groups (broad SMARTS) is 1. The molecular formula is C13H10FNO2. The lowest BCUT2D eigenvalue weighted by atomic mass is 9.99. The molecule has 0 spiro atoms. The highest BCUT2D eigenvalue weighted by Crippen LogP contribution is 2.27. The van der Waals surface area contributed by atoms with E-state index < -0.39 is 11.8 Å². The molecule has 0 aromatic heterocycles. The maximum Gasteiger partial charge on any atom is 0.339 e. The lowest BCUT2D eigenvalue weighted by Gasteiger charge is -2.07. The van der Waals surface area contributed by atoms with Crippen LogP contribution >= 0.6 is 0 Å². The molecule has 4 heteroatoms. The number of nitrogens with two attached hydrogens (primary N) is 1. The summed E-state index contributed by atoms with van der Waals surface area (Å²) >= 11 is 0. The van der Waals surface area contributed by atoms with Gasteiger partial charge >= 0.3 is 5.97 Å². The average Bonchev–Trinajstić information content (AvgIpc) is 2.28. The van der Waals surface area contributed by atoms with E-state index in [0.29, 0.717) is 16.8 Å². The number of benzene rings is 2. The summed E-state index contributed by atoms with van der Waals surface area (Å²) in [5.41, 5.74) is 6.70. The summed E-state index contributed by atoms with van der Waals surface area (Å²) in [5, 5.41) is 9.01. The predicted octanol–water partition coefficient (Wildman–Crippen LogP) is 2.77. The molecule has 0 aliphatic carbocycles. The molecule has 0 unspecified atom stereocenters. The summed E-state index contributed by atoms with van der Waals surface area (Å²) < 4.78 is 13.5. The number of rotatable bonds is 2. The molecule has 2 aromatic rings. The Bertz CT molecular complexity index is 581. The molecule has 0 aliphatic rings. The van der Waals surface area contributed by atoms with E-state index in [2.05, 4.69) is 0 Å². The Morgan fingerprint density at radius 1 is 1.18 bits per heavy atom. The van der Waals surface area contributed by atoms with Crippen LogP contribution in [-0.4, -0.2) is 11.1 Å². The van der Waals surface area contributed by atoms with Crippen molar-refractivity contribution in [2.24, 2.45) is 0 Å². The Labute approximate surface area is 97.3 Å². The summed E-state index contributed by atoms with van der Waals surface area (Å²) in [6.07, 6.45) is 0. The van der Waals surface area contributed by atoms with Gasteiger partial charge in [0.25, 0.3) is 0 Å². The Hall–Kier alpha value is -2.36. The fourth-order valence-electron chi connectivity index (χ4n) is 1.69. The van der Waals surface area contributed by atoms with Crippen molar-refractivity contribution in [3.8, 4) is 11.1 Å². The van der Waals surface area contributed by atoms with Gasteiger partial charge in [-0.15, -0.1) is 0 Å². The van der Waals surface area contributed by atoms with Crippen LogP contribution in [0.25, 0.3) is 11.1 Å². The maximum atomic E-state index is 13.5. The molecule has 2 aromatic carbocycles. The summed E-state index contributed by atoms with van der Waals surface area (Å²) in [4.78, 5) is 11.0. The zero-order chi connectivity index (χ0) is 12.4. The molecule has 2 rings (SSSR count). The molecule has 0 bridgehead atoms. The standard InChI is InChI=1S/C13H10FNO2/c14-11-6-2-5-10(12(11)13(16)17)8-3-1-4-9(15)7-8/h1-7H,15H2,(H,16,17). The third-order valence-corrected chi connectivity index (χ3v) is 2.43. The highest BCUT2D eigenvalue weighted by Gasteiger charge is 2.16. The summed E-state index contributed by atoms with van der Waals surface area (Å²) in [7, 11) is 0. The van der Waals surface area contributed by atoms with Crippen molar-refractivity contribution in [1.82, 2.24) is 0 Å². The molecule has 0 saturated heterocycles. The quantitative estimate of drug-likeness (QED) is 0.781. The Morgan fingerprint density at radius 2 is 1.88 bits per heavy atom. The first kappa shape index (κ1) is 11.1. The number of carboxylic acids is 1. The third-order valence-electron chi connectivity index (χ3n) is 2.43. The van der Waals surface area contributed by atoms with Gasteiger partial charge in [0.05, 0.1) is 0 Å². The molecule has 3 nitrogen and oxygen atoms in total. The minimum absolute atomic E-state index is 0.324. The van der Waals surface area contributed by atoms with Crippen molar-refractivity contribution in [3.63, 3.8) is 0 Å². The fourth-order valence-corrected chi connectivity index (χ4v) is 1.69. The zero-order valence-electron chi connectivity index (χ0n) is 8.85. The second-order valence-corrected chi connectivity index (χ2v) is 3.59. The molecule has 17 heavy (non-hydrogen) atoms. The van der Waals surface area contributed by atoms with Gasteiger partial charge in [0.1, 0.15) is 11.4 Å². The minimum Gasteiger partial charge on any atom is -0.478 e. The van der Waals surface area contributed by atoms with Gasteiger partial charge in [-0.2, -0.15) is 0 Å². The lowest BCUT2D eigenvalue weighted by Crippen LogP contribution is -2.03. The van der Waals surface area contributed by atoms with Gasteiger partial charge in [0.2, 0.25) is 0 Å². The zero-order valence-corrected chi connectivity index (χ0v) is 8.85. The smallest absolute Gasteiger partial charge is 0.339 e. The van der Waals surface area contributed by atoms with E-state index in [-0.39, 0.29) is 5.56 Å². The summed E-state index contributed by atoms with van der Waals surface area (Å²) in [6, 6.07) is 10.8. The molecule has 0 saturated carbocycles. The summed E-state index contributed by atoms with van der Waals surface area (Å²) in [5.74, 6) is -2.04. The summed E-state index contributed by atoms with van der Waals surface area (Å²) in [6.45, 7) is 0. The number of halogens is 1. The van der Waals surface area contributed by atoms with E-state index >= 15 is 0 Å². The Balaban J connectivity index is 2.67. The number of nitrogen functional groups attached to an aromatic ring is 1. The van der Waals surface area contributed by atoms with E-state index in [0.717, 1.165) is 6.07 Å². The van der Waals surface area contributed by atoms with Crippen LogP contribution in [0, 0.1) is 5.82 Å². The first-order valence-corrected chi connectivity index (χ1v) is 4.97. The number of aromatic carboxylic acids is 1. The predicted molar refractivity (Wildman–Crippen MR) is 63.2 cm³/mol. The van der Waals surface area contributed by atoms with Crippen molar-refractivity contribution in [2.75, 3.05) is 5.73 Å². The molecule has 0 radical (unpaired) electrons. The van der Waals surface area contributed by atoms with Crippen LogP contribution < -0.4 is 5.73 Å². The minimum atomic E-state index is -1.29. The number of hydrogen-bond donors (Lipinski definition) is 2. The van der Waals surface area contributed by atoms with Crippen LogP contribution in [0.1, 0.15) is 10.4 Å². The van der Waals surface area contributed by atoms with E-state index in [1.165, 1.54) is 6.07 Å². The van der Waals surface area contributed by atoms with E-state index in [4.69, 9.17) is 10.8 Å². The number of hydrogen-bond acceptors (Lipinski definition) is 2. The van der Waals surface area contributed by atoms with Crippen LogP contribution in [0.2, 0.25) is 0 Å². The molecule has 0 atom stereocenters. The van der Waals surface area contributed by atoms with Crippen molar-refractivity contribution in [2.45, 2.75) is 0 Å². The van der Waals surface area contributed by atoms with Gasteiger partial charge in [0, 0.05) is 5.69 Å². The highest BCUT2D eigenvalue weighted by molar-refractivity contribution is 5.96. The molecule has 0 fully saturated rings. The first-order chi connectivity index (χ1) is 8.09. The molecule has 3 N–H and O–H groups in total. The van der Waals surface area contributed by atoms with Gasteiger partial charge in [0.15, 0.2) is 0 Å². The van der Waals surface area contributed by atoms with Crippen molar-refractivity contribution < 1.29 is 14.3 Å². The monoisotopic (exact) mass is 231 g/mol. The Morgan fingerprint density at radius 3 is 2.53 bits per heavy atom. The van der Waals surface area contributed by atoms with Gasteiger partial charge in [-0.3, -0.25) is 0 Å². The third kappa shape index (κ3) is 2.10. The van der Waals surface area contributed by atoms with Gasteiger partial charge in [-0.05, 0) is 29.3 Å². The Kier molecular flexibility index (Phi) is 2.78. The molecule has 0 heterocycles. The lowest BCUT2D eigenvalue weighted by molar-refractivity contribution is 0.0693. The number of carbonyl (C=O) groups is 1. The van der Waals surface area contributed by atoms with Gasteiger partial charge < -0.3 is 10.8 Å². The molecule has 0 amide bonds. The largest absolute Gasteiger partial charge is 0.478 e. The van der Waals surface area contributed by atoms with Gasteiger partial charge in [-0.25, -0.2) is 9.18 Å². The van der Waals surface area contributed by atoms with Crippen LogP contribution in [0.5, 0.6) is 0 Å². The van der Waals surface area contributed by atoms with E-state index in [9.17, 15) is 9.18 Å². The van der Waals surface area contributed by atoms with Crippen molar-refractivity contribution in [3.05, 3.63) is 53.8 Å². The van der Waals surface area contributed by atoms with Gasteiger partial charge in [-0.1, -0.05) is 24.3 Å². The fraction of sp³-hybridized carbons (Fsp3) is 0. The van der Waals surface area contributed by atoms with Crippen molar-refractivity contribution >= 4 is 11.7 Å². The molecule has 86 valence electrons. The molecule has 0 aliphatic heterocycles. The van der Waals surface area contributed by atoms with E-state index in [1.807, 2.05) is 0 Å². The second-order valence-electron chi connectivity index (χ2n) is 3.59. The second kappa shape index (κ2) is 4.25. The number of anilines is 1. The maximum absolute atomic E-state index is 13.5.